The predicted octanol–water partition coefficient (Wildman–Crippen LogP) is 5.98. The second kappa shape index (κ2) is 11.9. The minimum absolute atomic E-state index is 0.0640. The van der Waals surface area contributed by atoms with E-state index in [1.54, 1.807) is 43.3 Å². The van der Waals surface area contributed by atoms with Crippen LogP contribution in [0.4, 0.5) is 10.1 Å². The number of nitrogens with zero attached hydrogens (tertiary/aromatic N) is 2. The van der Waals surface area contributed by atoms with Gasteiger partial charge in [0.05, 0.1) is 44.6 Å². The summed E-state index contributed by atoms with van der Waals surface area (Å²) < 4.78 is 20.1. The van der Waals surface area contributed by atoms with Crippen molar-refractivity contribution in [2.75, 3.05) is 18.6 Å². The highest BCUT2D eigenvalue weighted by Crippen LogP contribution is 2.64. The van der Waals surface area contributed by atoms with Crippen LogP contribution in [0, 0.1) is 38.5 Å². The number of hydrogen-bond acceptors (Lipinski definition) is 7. The molecule has 248 valence electrons. The molecule has 4 amide bonds. The first-order chi connectivity index (χ1) is 22.9. The number of fused-ring (bicyclic) bond motifs is 4. The number of aromatic hydroxyl groups is 2. The molecule has 2 N–H and O–H groups in total. The summed E-state index contributed by atoms with van der Waals surface area (Å²) in [6.45, 7) is 1.92. The number of anilines is 1. The van der Waals surface area contributed by atoms with E-state index < -0.39 is 52.6 Å². The monoisotopic (exact) mass is 784 g/mol. The Hall–Kier alpha value is -3.97. The number of ether oxygens (including phenoxy) is 1. The Labute approximate surface area is 294 Å². The zero-order valence-electron chi connectivity index (χ0n) is 26.0. The lowest BCUT2D eigenvalue weighted by Crippen LogP contribution is -2.49. The molecule has 2 aliphatic carbocycles. The molecule has 3 fully saturated rings. The van der Waals surface area contributed by atoms with Crippen molar-refractivity contribution in [1.29, 1.82) is 0 Å². The molecule has 9 nitrogen and oxygen atoms in total. The Balaban J connectivity index is 1.32. The van der Waals surface area contributed by atoms with Gasteiger partial charge in [-0.25, -0.2) is 9.29 Å². The van der Waals surface area contributed by atoms with Gasteiger partial charge in [0.15, 0.2) is 11.5 Å². The van der Waals surface area contributed by atoms with E-state index in [-0.39, 0.29) is 52.7 Å². The zero-order valence-corrected chi connectivity index (χ0v) is 28.9. The predicted molar refractivity (Wildman–Crippen MR) is 182 cm³/mol. The van der Waals surface area contributed by atoms with Crippen molar-refractivity contribution in [2.45, 2.75) is 32.1 Å². The number of rotatable bonds is 6. The molecule has 3 aromatic rings. The van der Waals surface area contributed by atoms with E-state index in [0.29, 0.717) is 22.0 Å². The van der Waals surface area contributed by atoms with Crippen LogP contribution in [0.1, 0.15) is 36.8 Å². The summed E-state index contributed by atoms with van der Waals surface area (Å²) in [5.74, 6) is -5.42. The average Bonchev–Trinajstić information content (AvgIpc) is 3.42. The van der Waals surface area contributed by atoms with Crippen LogP contribution >= 0.6 is 34.2 Å². The Morgan fingerprint density at radius 1 is 1.00 bits per heavy atom. The summed E-state index contributed by atoms with van der Waals surface area (Å²) in [6.07, 6.45) is 2.82. The van der Waals surface area contributed by atoms with Crippen LogP contribution in [0.2, 0.25) is 5.02 Å². The van der Waals surface area contributed by atoms with Gasteiger partial charge in [-0.3, -0.25) is 24.1 Å². The zero-order chi connectivity index (χ0) is 34.2. The first-order valence-electron chi connectivity index (χ1n) is 15.6. The summed E-state index contributed by atoms with van der Waals surface area (Å²) in [5, 5.41) is 20.1. The lowest BCUT2D eigenvalue weighted by Gasteiger charge is -2.49. The minimum Gasteiger partial charge on any atom is -0.508 e. The Morgan fingerprint density at radius 2 is 1.73 bits per heavy atom. The maximum absolute atomic E-state index is 14.6. The molecule has 2 saturated heterocycles. The van der Waals surface area contributed by atoms with Crippen LogP contribution in [0.25, 0.3) is 0 Å². The molecule has 3 aromatic carbocycles. The Kier molecular flexibility index (Phi) is 8.05. The van der Waals surface area contributed by atoms with E-state index in [2.05, 4.69) is 0 Å². The molecule has 0 aromatic heterocycles. The van der Waals surface area contributed by atoms with E-state index >= 15 is 0 Å². The van der Waals surface area contributed by atoms with Crippen LogP contribution in [0.3, 0.4) is 0 Å². The lowest BCUT2D eigenvalue weighted by atomic mass is 9.51. The maximum Gasteiger partial charge on any atom is 0.241 e. The Morgan fingerprint density at radius 3 is 2.42 bits per heavy atom. The number of benzene rings is 3. The summed E-state index contributed by atoms with van der Waals surface area (Å²) in [5.41, 5.74) is 1.09. The summed E-state index contributed by atoms with van der Waals surface area (Å²) in [7, 11) is 1.42. The summed E-state index contributed by atoms with van der Waals surface area (Å²) >= 11 is 8.07. The molecule has 0 radical (unpaired) electrons. The average molecular weight is 785 g/mol. The SMILES string of the molecule is COc1cc(C2C3=CCC4C(=O)N(CCc5ccc(O)cc5)C(=O)C4C3CC3C(=O)N(c4ccc(F)c(Cl)c4)C(=O)C32C)cc(I)c1O. The van der Waals surface area contributed by atoms with Crippen LogP contribution in [-0.2, 0) is 25.6 Å². The van der Waals surface area contributed by atoms with Crippen molar-refractivity contribution in [3.8, 4) is 17.2 Å². The highest BCUT2D eigenvalue weighted by Gasteiger charge is 2.67. The van der Waals surface area contributed by atoms with Gasteiger partial charge in [-0.05, 0) is 108 Å². The number of phenolic OH excluding ortho intramolecular Hbond substituents is 2. The molecule has 1 saturated carbocycles. The first-order valence-corrected chi connectivity index (χ1v) is 17.0. The third-order valence-electron chi connectivity index (χ3n) is 10.7. The molecule has 6 unspecified atom stereocenters. The number of amides is 4. The van der Waals surface area contributed by atoms with Crippen molar-refractivity contribution < 1.29 is 38.5 Å². The molecule has 2 aliphatic heterocycles. The van der Waals surface area contributed by atoms with Crippen molar-refractivity contribution in [3.05, 3.63) is 91.8 Å². The van der Waals surface area contributed by atoms with E-state index in [1.807, 2.05) is 28.7 Å². The van der Waals surface area contributed by atoms with E-state index in [4.69, 9.17) is 16.3 Å². The fraction of sp³-hybridized carbons (Fsp3) is 0.333. The molecule has 48 heavy (non-hydrogen) atoms. The smallest absolute Gasteiger partial charge is 0.241 e. The van der Waals surface area contributed by atoms with Gasteiger partial charge in [-0.1, -0.05) is 35.4 Å². The molecular weight excluding hydrogens is 754 g/mol. The van der Waals surface area contributed by atoms with E-state index in [0.717, 1.165) is 22.1 Å². The minimum atomic E-state index is -1.33. The number of allylic oxidation sites excluding steroid dienone is 2. The number of methoxy groups -OCH3 is 1. The summed E-state index contributed by atoms with van der Waals surface area (Å²) in [6, 6.07) is 13.7. The van der Waals surface area contributed by atoms with Crippen molar-refractivity contribution in [3.63, 3.8) is 0 Å². The number of hydrogen-bond donors (Lipinski definition) is 2. The van der Waals surface area contributed by atoms with E-state index in [9.17, 15) is 33.8 Å². The standard InChI is InChI=1S/C36H31ClFIN2O7/c1-36-24(33(45)41(35(36)47)19-5-10-26(38)25(37)15-19)16-23-21(30(36)18-13-27(39)31(43)28(14-18)48-2)8-9-22-29(23)34(46)40(32(22)44)12-11-17-3-6-20(42)7-4-17/h3-8,10,13-15,22-24,29-30,42-43H,9,11-12,16H2,1-2H3. The number of imide groups is 2. The second-order valence-electron chi connectivity index (χ2n) is 13.1. The highest BCUT2D eigenvalue weighted by atomic mass is 127. The van der Waals surface area contributed by atoms with Crippen LogP contribution in [0.15, 0.2) is 66.2 Å². The molecule has 4 aliphatic rings. The third-order valence-corrected chi connectivity index (χ3v) is 11.8. The van der Waals surface area contributed by atoms with Gasteiger partial charge >= 0.3 is 0 Å². The van der Waals surface area contributed by atoms with Crippen LogP contribution < -0.4 is 9.64 Å². The van der Waals surface area contributed by atoms with Crippen molar-refractivity contribution >= 4 is 63.5 Å². The van der Waals surface area contributed by atoms with Crippen LogP contribution in [0.5, 0.6) is 17.2 Å². The van der Waals surface area contributed by atoms with Crippen molar-refractivity contribution in [2.24, 2.45) is 29.1 Å². The molecule has 2 heterocycles. The molecular formula is C36H31ClFIN2O7. The topological polar surface area (TPSA) is 124 Å². The molecule has 7 rings (SSSR count). The quantitative estimate of drug-likeness (QED) is 0.179. The fourth-order valence-electron chi connectivity index (χ4n) is 8.37. The fourth-order valence-corrected chi connectivity index (χ4v) is 9.17. The molecule has 12 heteroatoms. The van der Waals surface area contributed by atoms with Crippen LogP contribution in [-0.4, -0.2) is 52.4 Å². The first kappa shape index (κ1) is 32.6. The molecule has 0 bridgehead atoms. The molecule has 0 spiro atoms. The summed E-state index contributed by atoms with van der Waals surface area (Å²) in [4.78, 5) is 59.2. The van der Waals surface area contributed by atoms with Gasteiger partial charge in [-0.2, -0.15) is 0 Å². The van der Waals surface area contributed by atoms with Gasteiger partial charge in [0.1, 0.15) is 11.6 Å². The number of phenols is 2. The van der Waals surface area contributed by atoms with Gasteiger partial charge in [0.25, 0.3) is 0 Å². The number of carbonyl (C=O) groups excluding carboxylic acids is 4. The number of likely N-dealkylation sites (tertiary alicyclic amines) is 1. The van der Waals surface area contributed by atoms with Gasteiger partial charge in [0.2, 0.25) is 23.6 Å². The lowest BCUT2D eigenvalue weighted by molar-refractivity contribution is -0.140. The van der Waals surface area contributed by atoms with Crippen molar-refractivity contribution in [1.82, 2.24) is 4.90 Å². The number of carbonyl (C=O) groups is 4. The van der Waals surface area contributed by atoms with Gasteiger partial charge in [-0.15, -0.1) is 0 Å². The Bertz CT molecular complexity index is 1930. The maximum atomic E-state index is 14.6. The second-order valence-corrected chi connectivity index (χ2v) is 14.6. The van der Waals surface area contributed by atoms with Gasteiger partial charge < -0.3 is 14.9 Å². The highest BCUT2D eigenvalue weighted by molar-refractivity contribution is 14.1. The molecule has 6 atom stereocenters. The van der Waals surface area contributed by atoms with Gasteiger partial charge in [0, 0.05) is 12.5 Å². The largest absolute Gasteiger partial charge is 0.508 e. The van der Waals surface area contributed by atoms with E-state index in [1.165, 1.54) is 24.1 Å². The normalized spacial score (nSPS) is 27.9. The third kappa shape index (κ3) is 4.83. The number of halogens is 3.